The Bertz CT molecular complexity index is 826. The molecule has 0 saturated carbocycles. The normalized spacial score (nSPS) is 18.0. The van der Waals surface area contributed by atoms with E-state index in [1.54, 1.807) is 4.57 Å². The van der Waals surface area contributed by atoms with Gasteiger partial charge in [-0.15, -0.1) is 0 Å². The van der Waals surface area contributed by atoms with Crippen LogP contribution in [0.25, 0.3) is 11.0 Å². The third kappa shape index (κ3) is 3.61. The maximum Gasteiger partial charge on any atom is 0.278 e. The molecule has 1 fully saturated rings. The summed E-state index contributed by atoms with van der Waals surface area (Å²) in [5.41, 5.74) is 2.06. The summed E-state index contributed by atoms with van der Waals surface area (Å²) in [6.07, 6.45) is 4.39. The van der Waals surface area contributed by atoms with E-state index >= 15 is 0 Å². The van der Waals surface area contributed by atoms with E-state index in [4.69, 9.17) is 0 Å². The molecule has 3 rings (SSSR count). The Hall–Kier alpha value is -1.76. The number of likely N-dealkylation sites (tertiary alicyclic amines) is 1. The number of nitrogens with one attached hydrogen (secondary N) is 1. The first kappa shape index (κ1) is 18.0. The molecule has 0 aliphatic carbocycles. The number of aryl methyl sites for hydroxylation is 1. The summed E-state index contributed by atoms with van der Waals surface area (Å²) in [5, 5.41) is 0.623. The fourth-order valence-corrected chi connectivity index (χ4v) is 4.51. The molecular formula is C18H26N4O2S. The van der Waals surface area contributed by atoms with Gasteiger partial charge in [-0.25, -0.2) is 4.98 Å². The number of H-pyrrole nitrogens is 1. The lowest BCUT2D eigenvalue weighted by atomic mass is 10.0. The van der Waals surface area contributed by atoms with Crippen LogP contribution in [0.3, 0.4) is 0 Å². The van der Waals surface area contributed by atoms with E-state index in [2.05, 4.69) is 16.9 Å². The van der Waals surface area contributed by atoms with Gasteiger partial charge in [-0.1, -0.05) is 18.7 Å². The quantitative estimate of drug-likeness (QED) is 0.656. The summed E-state index contributed by atoms with van der Waals surface area (Å²) in [4.78, 5) is 35.0. The number of rotatable bonds is 5. The van der Waals surface area contributed by atoms with Crippen LogP contribution in [0.5, 0.6) is 0 Å². The highest BCUT2D eigenvalue weighted by molar-refractivity contribution is 7.99. The molecule has 2 aromatic rings. The van der Waals surface area contributed by atoms with Gasteiger partial charge in [0.15, 0.2) is 5.16 Å². The first-order valence-corrected chi connectivity index (χ1v) is 10.1. The Morgan fingerprint density at radius 3 is 2.92 bits per heavy atom. The van der Waals surface area contributed by atoms with Gasteiger partial charge in [-0.05, 0) is 45.6 Å². The first-order chi connectivity index (χ1) is 12.0. The third-order valence-electron chi connectivity index (χ3n) is 4.90. The Kier molecular flexibility index (Phi) is 5.51. The Morgan fingerprint density at radius 2 is 2.20 bits per heavy atom. The van der Waals surface area contributed by atoms with Gasteiger partial charge in [0.2, 0.25) is 5.91 Å². The Labute approximate surface area is 152 Å². The molecule has 0 radical (unpaired) electrons. The average molecular weight is 362 g/mol. The zero-order chi connectivity index (χ0) is 18.0. The maximum atomic E-state index is 12.7. The second-order valence-electron chi connectivity index (χ2n) is 6.59. The van der Waals surface area contributed by atoms with Gasteiger partial charge in [0.1, 0.15) is 5.52 Å². The highest BCUT2D eigenvalue weighted by Crippen LogP contribution is 2.23. The number of aromatic nitrogens is 3. The molecule has 1 N–H and O–H groups in total. The molecule has 136 valence electrons. The molecule has 25 heavy (non-hydrogen) atoms. The number of aromatic amines is 1. The average Bonchev–Trinajstić information content (AvgIpc) is 3.00. The van der Waals surface area contributed by atoms with E-state index in [0.29, 0.717) is 34.5 Å². The lowest BCUT2D eigenvalue weighted by molar-refractivity contribution is -0.132. The van der Waals surface area contributed by atoms with Crippen LogP contribution >= 0.6 is 11.8 Å². The van der Waals surface area contributed by atoms with E-state index in [9.17, 15) is 9.59 Å². The Morgan fingerprint density at radius 1 is 1.40 bits per heavy atom. The lowest BCUT2D eigenvalue weighted by Gasteiger charge is -2.35. The van der Waals surface area contributed by atoms with Crippen LogP contribution < -0.4 is 5.56 Å². The van der Waals surface area contributed by atoms with Crippen LogP contribution in [0, 0.1) is 6.92 Å². The summed E-state index contributed by atoms with van der Waals surface area (Å²) >= 11 is 1.37. The SMILES string of the molecule is CC[C@H]1CCCCN1C(=O)CSc1nc2cc(C)[nH]c2c(=O)n1CC. The van der Waals surface area contributed by atoms with Crippen LogP contribution in [0.1, 0.15) is 45.2 Å². The zero-order valence-electron chi connectivity index (χ0n) is 15.2. The monoisotopic (exact) mass is 362 g/mol. The number of thioether (sulfide) groups is 1. The smallest absolute Gasteiger partial charge is 0.278 e. The molecule has 7 heteroatoms. The second kappa shape index (κ2) is 7.64. The van der Waals surface area contributed by atoms with Crippen molar-refractivity contribution in [3.63, 3.8) is 0 Å². The fraction of sp³-hybridized carbons (Fsp3) is 0.611. The van der Waals surface area contributed by atoms with Crippen LogP contribution in [-0.2, 0) is 11.3 Å². The molecule has 0 bridgehead atoms. The van der Waals surface area contributed by atoms with Crippen LogP contribution in [0.4, 0.5) is 0 Å². The summed E-state index contributed by atoms with van der Waals surface area (Å²) in [7, 11) is 0. The molecule has 1 aliphatic heterocycles. The summed E-state index contributed by atoms with van der Waals surface area (Å²) in [6.45, 7) is 7.37. The van der Waals surface area contributed by atoms with E-state index in [0.717, 1.165) is 31.5 Å². The molecule has 6 nitrogen and oxygen atoms in total. The third-order valence-corrected chi connectivity index (χ3v) is 5.86. The van der Waals surface area contributed by atoms with Crippen molar-refractivity contribution in [3.05, 3.63) is 22.1 Å². The predicted molar refractivity (Wildman–Crippen MR) is 101 cm³/mol. The number of carbonyl (C=O) groups excluding carboxylic acids is 1. The zero-order valence-corrected chi connectivity index (χ0v) is 16.0. The first-order valence-electron chi connectivity index (χ1n) is 9.07. The van der Waals surface area contributed by atoms with Crippen molar-refractivity contribution in [2.45, 2.75) is 64.2 Å². The summed E-state index contributed by atoms with van der Waals surface area (Å²) < 4.78 is 1.64. The van der Waals surface area contributed by atoms with Gasteiger partial charge in [0.05, 0.1) is 11.3 Å². The fourth-order valence-electron chi connectivity index (χ4n) is 3.56. The molecule has 1 atom stereocenters. The number of hydrogen-bond acceptors (Lipinski definition) is 4. The molecular weight excluding hydrogens is 336 g/mol. The minimum atomic E-state index is -0.0695. The van der Waals surface area contributed by atoms with Crippen LogP contribution in [0.2, 0.25) is 0 Å². The lowest BCUT2D eigenvalue weighted by Crippen LogP contribution is -2.44. The number of carbonyl (C=O) groups is 1. The van der Waals surface area contributed by atoms with Gasteiger partial charge in [0.25, 0.3) is 5.56 Å². The van der Waals surface area contributed by atoms with Gasteiger partial charge >= 0.3 is 0 Å². The molecule has 3 heterocycles. The topological polar surface area (TPSA) is 71.0 Å². The van der Waals surface area contributed by atoms with Gasteiger partial charge in [-0.2, -0.15) is 0 Å². The summed E-state index contributed by atoms with van der Waals surface area (Å²) in [5.74, 6) is 0.483. The van der Waals surface area contributed by atoms with Crippen molar-refractivity contribution < 1.29 is 4.79 Å². The van der Waals surface area contributed by atoms with Crippen molar-refractivity contribution in [2.75, 3.05) is 12.3 Å². The molecule has 1 amide bonds. The van der Waals surface area contributed by atoms with Crippen LogP contribution in [0.15, 0.2) is 16.0 Å². The largest absolute Gasteiger partial charge is 0.353 e. The van der Waals surface area contributed by atoms with Crippen molar-refractivity contribution in [1.82, 2.24) is 19.4 Å². The van der Waals surface area contributed by atoms with Crippen molar-refractivity contribution in [1.29, 1.82) is 0 Å². The molecule has 2 aromatic heterocycles. The van der Waals surface area contributed by atoms with Crippen molar-refractivity contribution >= 4 is 28.7 Å². The molecule has 0 spiro atoms. The Balaban J connectivity index is 1.80. The number of amides is 1. The molecule has 1 saturated heterocycles. The summed E-state index contributed by atoms with van der Waals surface area (Å²) in [6, 6.07) is 2.23. The number of piperidine rings is 1. The number of hydrogen-bond donors (Lipinski definition) is 1. The molecule has 1 aliphatic rings. The number of fused-ring (bicyclic) bond motifs is 1. The highest BCUT2D eigenvalue weighted by atomic mass is 32.2. The van der Waals surface area contributed by atoms with Crippen molar-refractivity contribution in [3.8, 4) is 0 Å². The van der Waals surface area contributed by atoms with E-state index in [1.165, 1.54) is 18.2 Å². The van der Waals surface area contributed by atoms with E-state index < -0.39 is 0 Å². The van der Waals surface area contributed by atoms with Crippen molar-refractivity contribution in [2.24, 2.45) is 0 Å². The van der Waals surface area contributed by atoms with E-state index in [1.807, 2.05) is 24.8 Å². The maximum absolute atomic E-state index is 12.7. The number of nitrogens with zero attached hydrogens (tertiary/aromatic N) is 3. The van der Waals surface area contributed by atoms with Gasteiger partial charge in [-0.3, -0.25) is 14.2 Å². The molecule has 0 unspecified atom stereocenters. The van der Waals surface area contributed by atoms with Gasteiger partial charge < -0.3 is 9.88 Å². The minimum absolute atomic E-state index is 0.0695. The standard InChI is InChI=1S/C18H26N4O2S/c1-4-13-8-6-7-9-22(13)15(23)11-25-18-20-14-10-12(3)19-16(14)17(24)21(18)5-2/h10,13,19H,4-9,11H2,1-3H3/t13-/m0/s1. The second-order valence-corrected chi connectivity index (χ2v) is 7.53. The van der Waals surface area contributed by atoms with E-state index in [-0.39, 0.29) is 11.5 Å². The molecule has 0 aromatic carbocycles. The predicted octanol–water partition coefficient (Wildman–Crippen LogP) is 2.94. The van der Waals surface area contributed by atoms with Crippen LogP contribution in [-0.4, -0.2) is 43.7 Å². The minimum Gasteiger partial charge on any atom is -0.353 e. The highest BCUT2D eigenvalue weighted by Gasteiger charge is 2.25. The van der Waals surface area contributed by atoms with Gasteiger partial charge in [0, 0.05) is 24.8 Å².